The first kappa shape index (κ1) is 5.56. The third-order valence-electron chi connectivity index (χ3n) is 1.33. The Morgan fingerprint density at radius 3 is 2.62 bits per heavy atom. The Labute approximate surface area is 48.2 Å². The van der Waals surface area contributed by atoms with Gasteiger partial charge < -0.3 is 4.84 Å². The SMILES string of the molecule is CC1CC(=O)ON1C. The fourth-order valence-electron chi connectivity index (χ4n) is 0.658. The predicted octanol–water partition coefficient (Wildman–Crippen LogP) is 0.169. The molecule has 8 heavy (non-hydrogen) atoms. The first-order valence-corrected chi connectivity index (χ1v) is 2.64. The van der Waals surface area contributed by atoms with Crippen molar-refractivity contribution in [2.75, 3.05) is 7.05 Å². The zero-order valence-corrected chi connectivity index (χ0v) is 5.05. The number of hydrogen-bond acceptors (Lipinski definition) is 3. The van der Waals surface area contributed by atoms with Gasteiger partial charge in [0.2, 0.25) is 0 Å². The highest BCUT2D eigenvalue weighted by molar-refractivity contribution is 5.71. The van der Waals surface area contributed by atoms with E-state index in [-0.39, 0.29) is 12.0 Å². The predicted molar refractivity (Wildman–Crippen MR) is 27.9 cm³/mol. The van der Waals surface area contributed by atoms with Gasteiger partial charge in [0.1, 0.15) is 0 Å². The van der Waals surface area contributed by atoms with Crippen LogP contribution in [0.25, 0.3) is 0 Å². The summed E-state index contributed by atoms with van der Waals surface area (Å²) in [4.78, 5) is 15.1. The first-order chi connectivity index (χ1) is 3.70. The van der Waals surface area contributed by atoms with Crippen molar-refractivity contribution in [1.82, 2.24) is 5.06 Å². The van der Waals surface area contributed by atoms with Crippen LogP contribution in [-0.2, 0) is 9.63 Å². The number of rotatable bonds is 0. The van der Waals surface area contributed by atoms with Crippen molar-refractivity contribution < 1.29 is 9.63 Å². The standard InChI is InChI=1S/C5H9NO2/c1-4-3-5(7)8-6(4)2/h4H,3H2,1-2H3. The van der Waals surface area contributed by atoms with Gasteiger partial charge in [-0.15, -0.1) is 5.06 Å². The van der Waals surface area contributed by atoms with Gasteiger partial charge in [-0.25, -0.2) is 0 Å². The Hall–Kier alpha value is -0.570. The lowest BCUT2D eigenvalue weighted by atomic mass is 10.3. The molecule has 0 bridgehead atoms. The molecule has 0 aliphatic carbocycles. The van der Waals surface area contributed by atoms with E-state index in [4.69, 9.17) is 0 Å². The minimum absolute atomic E-state index is 0.125. The van der Waals surface area contributed by atoms with Gasteiger partial charge in [0.15, 0.2) is 0 Å². The second kappa shape index (κ2) is 1.74. The molecule has 0 N–H and O–H groups in total. The average Bonchev–Trinajstić information content (AvgIpc) is 1.85. The normalized spacial score (nSPS) is 30.8. The summed E-state index contributed by atoms with van der Waals surface area (Å²) in [5.74, 6) is -0.125. The summed E-state index contributed by atoms with van der Waals surface area (Å²) < 4.78 is 0. The number of nitrogens with zero attached hydrogens (tertiary/aromatic N) is 1. The van der Waals surface area contributed by atoms with Crippen molar-refractivity contribution in [2.45, 2.75) is 19.4 Å². The molecular formula is C5H9NO2. The van der Waals surface area contributed by atoms with Crippen LogP contribution in [0.2, 0.25) is 0 Å². The van der Waals surface area contributed by atoms with E-state index in [2.05, 4.69) is 4.84 Å². The van der Waals surface area contributed by atoms with E-state index in [1.807, 2.05) is 6.92 Å². The minimum Gasteiger partial charge on any atom is -0.368 e. The van der Waals surface area contributed by atoms with Crippen molar-refractivity contribution in [3.63, 3.8) is 0 Å². The van der Waals surface area contributed by atoms with Gasteiger partial charge in [-0.1, -0.05) is 0 Å². The zero-order valence-electron chi connectivity index (χ0n) is 5.05. The maximum atomic E-state index is 10.4. The molecule has 1 rings (SSSR count). The molecule has 1 fully saturated rings. The molecular weight excluding hydrogens is 106 g/mol. The lowest BCUT2D eigenvalue weighted by Gasteiger charge is -2.08. The van der Waals surface area contributed by atoms with Crippen LogP contribution >= 0.6 is 0 Å². The Morgan fingerprint density at radius 1 is 1.88 bits per heavy atom. The third kappa shape index (κ3) is 0.816. The van der Waals surface area contributed by atoms with Gasteiger partial charge in [-0.2, -0.15) is 0 Å². The van der Waals surface area contributed by atoms with Crippen LogP contribution < -0.4 is 0 Å². The Bertz CT molecular complexity index is 101. The van der Waals surface area contributed by atoms with Gasteiger partial charge in [-0.3, -0.25) is 4.79 Å². The van der Waals surface area contributed by atoms with E-state index in [9.17, 15) is 4.79 Å². The Balaban J connectivity index is 2.51. The topological polar surface area (TPSA) is 29.5 Å². The number of carbonyl (C=O) groups excluding carboxylic acids is 1. The van der Waals surface area contributed by atoms with E-state index < -0.39 is 0 Å². The Kier molecular flexibility index (Phi) is 1.21. The molecule has 0 amide bonds. The number of hydroxylamine groups is 2. The largest absolute Gasteiger partial charge is 0.368 e. The lowest BCUT2D eigenvalue weighted by molar-refractivity contribution is -0.168. The molecule has 46 valence electrons. The molecule has 3 nitrogen and oxygen atoms in total. The third-order valence-corrected chi connectivity index (χ3v) is 1.33. The van der Waals surface area contributed by atoms with Crippen molar-refractivity contribution >= 4 is 5.97 Å². The quantitative estimate of drug-likeness (QED) is 0.450. The van der Waals surface area contributed by atoms with Gasteiger partial charge in [0.25, 0.3) is 0 Å². The molecule has 1 aliphatic heterocycles. The highest BCUT2D eigenvalue weighted by Gasteiger charge is 2.24. The molecule has 0 radical (unpaired) electrons. The summed E-state index contributed by atoms with van der Waals surface area (Å²) in [7, 11) is 1.76. The minimum atomic E-state index is -0.125. The molecule has 0 aromatic rings. The van der Waals surface area contributed by atoms with Crippen LogP contribution in [0.5, 0.6) is 0 Å². The molecule has 0 aromatic heterocycles. The molecule has 0 spiro atoms. The van der Waals surface area contributed by atoms with Crippen LogP contribution in [0, 0.1) is 0 Å². The second-order valence-electron chi connectivity index (χ2n) is 2.06. The molecule has 0 aromatic carbocycles. The fraction of sp³-hybridized carbons (Fsp3) is 0.800. The van der Waals surface area contributed by atoms with Crippen molar-refractivity contribution in [1.29, 1.82) is 0 Å². The van der Waals surface area contributed by atoms with Crippen molar-refractivity contribution in [3.8, 4) is 0 Å². The summed E-state index contributed by atoms with van der Waals surface area (Å²) in [6.45, 7) is 1.95. The second-order valence-corrected chi connectivity index (χ2v) is 2.06. The smallest absolute Gasteiger partial charge is 0.326 e. The molecule has 1 aliphatic rings. The first-order valence-electron chi connectivity index (χ1n) is 2.64. The van der Waals surface area contributed by atoms with E-state index in [0.717, 1.165) is 0 Å². The summed E-state index contributed by atoms with van der Waals surface area (Å²) >= 11 is 0. The summed E-state index contributed by atoms with van der Waals surface area (Å²) in [6, 6.07) is 0.252. The molecule has 1 unspecified atom stereocenters. The molecule has 3 heteroatoms. The zero-order chi connectivity index (χ0) is 6.15. The van der Waals surface area contributed by atoms with Gasteiger partial charge in [0.05, 0.1) is 12.5 Å². The maximum absolute atomic E-state index is 10.4. The van der Waals surface area contributed by atoms with E-state index in [0.29, 0.717) is 6.42 Å². The summed E-state index contributed by atoms with van der Waals surface area (Å²) in [6.07, 6.45) is 0.524. The van der Waals surface area contributed by atoms with Crippen LogP contribution in [0.1, 0.15) is 13.3 Å². The summed E-state index contributed by atoms with van der Waals surface area (Å²) in [5, 5.41) is 1.57. The Morgan fingerprint density at radius 2 is 2.50 bits per heavy atom. The average molecular weight is 115 g/mol. The van der Waals surface area contributed by atoms with E-state index >= 15 is 0 Å². The van der Waals surface area contributed by atoms with Gasteiger partial charge in [0, 0.05) is 7.05 Å². The van der Waals surface area contributed by atoms with Crippen molar-refractivity contribution in [3.05, 3.63) is 0 Å². The molecule has 1 heterocycles. The number of hydrogen-bond donors (Lipinski definition) is 0. The van der Waals surface area contributed by atoms with Crippen molar-refractivity contribution in [2.24, 2.45) is 0 Å². The van der Waals surface area contributed by atoms with Gasteiger partial charge >= 0.3 is 5.97 Å². The maximum Gasteiger partial charge on any atom is 0.326 e. The summed E-state index contributed by atoms with van der Waals surface area (Å²) in [5.41, 5.74) is 0. The van der Waals surface area contributed by atoms with Crippen LogP contribution in [-0.4, -0.2) is 24.1 Å². The van der Waals surface area contributed by atoms with Crippen LogP contribution in [0.15, 0.2) is 0 Å². The van der Waals surface area contributed by atoms with Crippen LogP contribution in [0.4, 0.5) is 0 Å². The van der Waals surface area contributed by atoms with E-state index in [1.54, 1.807) is 12.1 Å². The van der Waals surface area contributed by atoms with E-state index in [1.165, 1.54) is 0 Å². The number of carbonyl (C=O) groups is 1. The molecule has 1 saturated heterocycles. The lowest BCUT2D eigenvalue weighted by Crippen LogP contribution is -2.19. The van der Waals surface area contributed by atoms with Crippen LogP contribution in [0.3, 0.4) is 0 Å². The monoisotopic (exact) mass is 115 g/mol. The molecule has 1 atom stereocenters. The highest BCUT2D eigenvalue weighted by atomic mass is 16.7. The van der Waals surface area contributed by atoms with Gasteiger partial charge in [-0.05, 0) is 6.92 Å². The fourth-order valence-corrected chi connectivity index (χ4v) is 0.658. The molecule has 0 saturated carbocycles. The highest BCUT2D eigenvalue weighted by Crippen LogP contribution is 2.11.